The lowest BCUT2D eigenvalue weighted by Crippen LogP contribution is -2.08. The first-order valence-electron chi connectivity index (χ1n) is 7.02. The molecule has 2 aliphatic rings. The molecule has 98 valence electrons. The number of aromatic nitrogens is 2. The Morgan fingerprint density at radius 2 is 2.06 bits per heavy atom. The van der Waals surface area contributed by atoms with E-state index in [1.807, 2.05) is 0 Å². The number of halogens is 1. The quantitative estimate of drug-likeness (QED) is 0.891. The molecular formula is C14H20BrN3. The van der Waals surface area contributed by atoms with Crippen molar-refractivity contribution >= 4 is 21.7 Å². The molecule has 1 aromatic rings. The van der Waals surface area contributed by atoms with Gasteiger partial charge in [0.1, 0.15) is 11.6 Å². The Morgan fingerprint density at radius 1 is 1.33 bits per heavy atom. The standard InChI is InChI=1S/C14H20BrN3/c1-3-6-16-14-11(15)12(9-4-5-9)17-13(18-14)10-7-8(10)2/h8-10H,3-7H2,1-2H3,(H,16,17,18). The molecule has 0 spiro atoms. The molecule has 2 aliphatic carbocycles. The largest absolute Gasteiger partial charge is 0.369 e. The van der Waals surface area contributed by atoms with Crippen molar-refractivity contribution < 1.29 is 0 Å². The highest BCUT2D eigenvalue weighted by atomic mass is 79.9. The van der Waals surface area contributed by atoms with Crippen LogP contribution in [-0.4, -0.2) is 16.5 Å². The van der Waals surface area contributed by atoms with Crippen molar-refractivity contribution in [1.29, 1.82) is 0 Å². The summed E-state index contributed by atoms with van der Waals surface area (Å²) in [5.41, 5.74) is 1.23. The maximum atomic E-state index is 4.82. The minimum absolute atomic E-state index is 0.595. The average molecular weight is 310 g/mol. The Kier molecular flexibility index (Phi) is 3.31. The van der Waals surface area contributed by atoms with Crippen LogP contribution in [0.2, 0.25) is 0 Å². The van der Waals surface area contributed by atoms with Crippen molar-refractivity contribution in [3.05, 3.63) is 16.0 Å². The van der Waals surface area contributed by atoms with Crippen molar-refractivity contribution in [3.63, 3.8) is 0 Å². The molecule has 2 atom stereocenters. The van der Waals surface area contributed by atoms with E-state index in [4.69, 9.17) is 9.97 Å². The summed E-state index contributed by atoms with van der Waals surface area (Å²) in [7, 11) is 0. The van der Waals surface area contributed by atoms with Gasteiger partial charge in [0.2, 0.25) is 0 Å². The van der Waals surface area contributed by atoms with Crippen LogP contribution in [0.3, 0.4) is 0 Å². The molecule has 2 saturated carbocycles. The Hall–Kier alpha value is -0.640. The van der Waals surface area contributed by atoms with Crippen LogP contribution < -0.4 is 5.32 Å². The van der Waals surface area contributed by atoms with Crippen molar-refractivity contribution in [2.45, 2.75) is 51.4 Å². The SMILES string of the molecule is CCCNc1nc(C2CC2C)nc(C2CC2)c1Br. The molecule has 0 saturated heterocycles. The molecule has 2 unspecified atom stereocenters. The summed E-state index contributed by atoms with van der Waals surface area (Å²) in [5.74, 6) is 4.08. The molecule has 4 heteroatoms. The Morgan fingerprint density at radius 3 is 2.61 bits per heavy atom. The lowest BCUT2D eigenvalue weighted by atomic mass is 10.2. The van der Waals surface area contributed by atoms with E-state index in [2.05, 4.69) is 35.1 Å². The van der Waals surface area contributed by atoms with Gasteiger partial charge in [-0.15, -0.1) is 0 Å². The summed E-state index contributed by atoms with van der Waals surface area (Å²) in [6.07, 6.45) is 4.92. The molecule has 0 aromatic carbocycles. The average Bonchev–Trinajstić information content (AvgIpc) is 3.24. The van der Waals surface area contributed by atoms with E-state index in [-0.39, 0.29) is 0 Å². The van der Waals surface area contributed by atoms with Gasteiger partial charge in [0, 0.05) is 18.4 Å². The van der Waals surface area contributed by atoms with Gasteiger partial charge in [-0.1, -0.05) is 13.8 Å². The van der Waals surface area contributed by atoms with E-state index in [9.17, 15) is 0 Å². The van der Waals surface area contributed by atoms with Crippen LogP contribution in [-0.2, 0) is 0 Å². The molecule has 0 aliphatic heterocycles. The summed E-state index contributed by atoms with van der Waals surface area (Å²) >= 11 is 3.68. The third kappa shape index (κ3) is 2.40. The lowest BCUT2D eigenvalue weighted by molar-refractivity contribution is 0.811. The van der Waals surface area contributed by atoms with E-state index < -0.39 is 0 Å². The molecule has 1 aromatic heterocycles. The van der Waals surface area contributed by atoms with Gasteiger partial charge in [-0.25, -0.2) is 9.97 Å². The van der Waals surface area contributed by atoms with Crippen LogP contribution in [0, 0.1) is 5.92 Å². The summed E-state index contributed by atoms with van der Waals surface area (Å²) in [6.45, 7) is 5.43. The first-order valence-corrected chi connectivity index (χ1v) is 7.81. The summed E-state index contributed by atoms with van der Waals surface area (Å²) in [4.78, 5) is 9.54. The maximum Gasteiger partial charge on any atom is 0.144 e. The summed E-state index contributed by atoms with van der Waals surface area (Å²) < 4.78 is 1.09. The molecule has 0 radical (unpaired) electrons. The normalized spacial score (nSPS) is 26.2. The number of anilines is 1. The number of nitrogens with one attached hydrogen (secondary N) is 1. The maximum absolute atomic E-state index is 4.82. The van der Waals surface area contributed by atoms with Gasteiger partial charge in [-0.3, -0.25) is 0 Å². The van der Waals surface area contributed by atoms with Gasteiger partial charge >= 0.3 is 0 Å². The predicted octanol–water partition coefficient (Wildman–Crippen LogP) is 4.06. The number of hydrogen-bond acceptors (Lipinski definition) is 3. The number of nitrogens with zero attached hydrogens (tertiary/aromatic N) is 2. The molecule has 1 heterocycles. The van der Waals surface area contributed by atoms with Crippen LogP contribution in [0.25, 0.3) is 0 Å². The van der Waals surface area contributed by atoms with Gasteiger partial charge in [0.05, 0.1) is 10.2 Å². The Labute approximate surface area is 117 Å². The van der Waals surface area contributed by atoms with Crippen molar-refractivity contribution in [2.75, 3.05) is 11.9 Å². The Bertz CT molecular complexity index is 457. The summed E-state index contributed by atoms with van der Waals surface area (Å²) in [6, 6.07) is 0. The third-order valence-corrected chi connectivity index (χ3v) is 4.62. The zero-order valence-corrected chi connectivity index (χ0v) is 12.6. The van der Waals surface area contributed by atoms with Crippen LogP contribution in [0.4, 0.5) is 5.82 Å². The van der Waals surface area contributed by atoms with Crippen LogP contribution in [0.1, 0.15) is 62.9 Å². The Balaban J connectivity index is 1.92. The van der Waals surface area contributed by atoms with Gasteiger partial charge < -0.3 is 5.32 Å². The monoisotopic (exact) mass is 309 g/mol. The minimum Gasteiger partial charge on any atom is -0.369 e. The molecule has 1 N–H and O–H groups in total. The highest BCUT2D eigenvalue weighted by molar-refractivity contribution is 9.10. The predicted molar refractivity (Wildman–Crippen MR) is 77.0 cm³/mol. The molecule has 2 fully saturated rings. The molecule has 0 amide bonds. The smallest absolute Gasteiger partial charge is 0.144 e. The van der Waals surface area contributed by atoms with Crippen molar-refractivity contribution in [1.82, 2.24) is 9.97 Å². The number of hydrogen-bond donors (Lipinski definition) is 1. The lowest BCUT2D eigenvalue weighted by Gasteiger charge is -2.12. The van der Waals surface area contributed by atoms with E-state index >= 15 is 0 Å². The molecule has 3 rings (SSSR count). The fraction of sp³-hybridized carbons (Fsp3) is 0.714. The van der Waals surface area contributed by atoms with E-state index in [1.165, 1.54) is 25.0 Å². The van der Waals surface area contributed by atoms with E-state index in [0.29, 0.717) is 11.8 Å². The highest BCUT2D eigenvalue weighted by Crippen LogP contribution is 2.49. The van der Waals surface area contributed by atoms with Crippen LogP contribution in [0.15, 0.2) is 4.47 Å². The zero-order valence-electron chi connectivity index (χ0n) is 11.0. The van der Waals surface area contributed by atoms with Crippen LogP contribution >= 0.6 is 15.9 Å². The van der Waals surface area contributed by atoms with Gasteiger partial charge in [-0.2, -0.15) is 0 Å². The topological polar surface area (TPSA) is 37.8 Å². The highest BCUT2D eigenvalue weighted by Gasteiger charge is 2.38. The molecule has 3 nitrogen and oxygen atoms in total. The van der Waals surface area contributed by atoms with Gasteiger partial charge in [-0.05, 0) is 47.5 Å². The zero-order chi connectivity index (χ0) is 12.7. The fourth-order valence-electron chi connectivity index (χ4n) is 2.32. The second kappa shape index (κ2) is 4.80. The molecule has 18 heavy (non-hydrogen) atoms. The third-order valence-electron chi connectivity index (χ3n) is 3.84. The number of rotatable bonds is 5. The molecule has 0 bridgehead atoms. The van der Waals surface area contributed by atoms with Gasteiger partial charge in [0.15, 0.2) is 0 Å². The second-order valence-corrected chi connectivity index (χ2v) is 6.44. The second-order valence-electron chi connectivity index (χ2n) is 5.65. The first kappa shape index (κ1) is 12.4. The minimum atomic E-state index is 0.595. The van der Waals surface area contributed by atoms with Crippen molar-refractivity contribution in [2.24, 2.45) is 5.92 Å². The summed E-state index contributed by atoms with van der Waals surface area (Å²) in [5, 5.41) is 3.43. The fourth-order valence-corrected chi connectivity index (χ4v) is 2.96. The first-order chi connectivity index (χ1) is 8.70. The van der Waals surface area contributed by atoms with Crippen molar-refractivity contribution in [3.8, 4) is 0 Å². The van der Waals surface area contributed by atoms with Gasteiger partial charge in [0.25, 0.3) is 0 Å². The van der Waals surface area contributed by atoms with Crippen LogP contribution in [0.5, 0.6) is 0 Å². The molecular weight excluding hydrogens is 290 g/mol. The van der Waals surface area contributed by atoms with E-state index in [1.54, 1.807) is 0 Å². The van der Waals surface area contributed by atoms with E-state index in [0.717, 1.165) is 35.0 Å².